The fraction of sp³-hybridized carbons (Fsp3) is 0.500. The Labute approximate surface area is 109 Å². The van der Waals surface area contributed by atoms with E-state index in [0.29, 0.717) is 6.04 Å². The molecule has 3 nitrogen and oxygen atoms in total. The summed E-state index contributed by atoms with van der Waals surface area (Å²) in [5.74, 6) is 3.51. The minimum absolute atomic E-state index is 0.564. The quantitative estimate of drug-likeness (QED) is 0.904. The van der Waals surface area contributed by atoms with Gasteiger partial charge in [-0.15, -0.1) is 11.3 Å². The van der Waals surface area contributed by atoms with Gasteiger partial charge in [0.25, 0.3) is 0 Å². The lowest BCUT2D eigenvalue weighted by Gasteiger charge is -2.23. The smallest absolute Gasteiger partial charge is 0.147 e. The molecule has 0 saturated carbocycles. The number of aryl methyl sites for hydroxylation is 1. The maximum Gasteiger partial charge on any atom is 0.147 e. The number of fused-ring (bicyclic) bond motifs is 1. The van der Waals surface area contributed by atoms with Crippen molar-refractivity contribution in [1.29, 1.82) is 0 Å². The predicted molar refractivity (Wildman–Crippen MR) is 76.1 cm³/mol. The summed E-state index contributed by atoms with van der Waals surface area (Å²) in [6, 6.07) is 0.564. The first kappa shape index (κ1) is 11.3. The van der Waals surface area contributed by atoms with E-state index >= 15 is 0 Å². The van der Waals surface area contributed by atoms with Crippen molar-refractivity contribution in [3.05, 3.63) is 17.3 Å². The molecule has 1 aliphatic heterocycles. The molecule has 1 fully saturated rings. The van der Waals surface area contributed by atoms with Gasteiger partial charge in [-0.3, -0.25) is 0 Å². The average molecular weight is 265 g/mol. The van der Waals surface area contributed by atoms with Crippen LogP contribution in [-0.4, -0.2) is 27.5 Å². The third-order valence-electron chi connectivity index (χ3n) is 3.03. The molecule has 1 saturated heterocycles. The molecule has 90 valence electrons. The summed E-state index contributed by atoms with van der Waals surface area (Å²) in [6.07, 6.45) is 4.23. The third-order valence-corrected chi connectivity index (χ3v) is 5.34. The van der Waals surface area contributed by atoms with Gasteiger partial charge in [-0.1, -0.05) is 0 Å². The highest BCUT2D eigenvalue weighted by Gasteiger charge is 2.16. The summed E-state index contributed by atoms with van der Waals surface area (Å²) in [4.78, 5) is 8.74. The molecule has 1 N–H and O–H groups in total. The summed E-state index contributed by atoms with van der Waals surface area (Å²) >= 11 is 3.77. The fourth-order valence-corrected chi connectivity index (χ4v) is 4.15. The molecule has 0 spiro atoms. The molecule has 3 rings (SSSR count). The van der Waals surface area contributed by atoms with Crippen molar-refractivity contribution in [1.82, 2.24) is 9.97 Å². The van der Waals surface area contributed by atoms with E-state index in [-0.39, 0.29) is 0 Å². The predicted octanol–water partition coefficient (Wildman–Crippen LogP) is 3.31. The molecule has 17 heavy (non-hydrogen) atoms. The van der Waals surface area contributed by atoms with Crippen LogP contribution in [0, 0.1) is 6.92 Å². The van der Waals surface area contributed by atoms with Gasteiger partial charge >= 0.3 is 0 Å². The molecule has 0 amide bonds. The number of hydrogen-bond donors (Lipinski definition) is 1. The highest BCUT2D eigenvalue weighted by Crippen LogP contribution is 2.30. The van der Waals surface area contributed by atoms with Crippen molar-refractivity contribution >= 4 is 39.1 Å². The third kappa shape index (κ3) is 2.26. The van der Waals surface area contributed by atoms with Gasteiger partial charge < -0.3 is 5.32 Å². The van der Waals surface area contributed by atoms with E-state index < -0.39 is 0 Å². The molecule has 1 unspecified atom stereocenters. The number of hydrogen-bond acceptors (Lipinski definition) is 5. The summed E-state index contributed by atoms with van der Waals surface area (Å²) in [6.45, 7) is 2.10. The van der Waals surface area contributed by atoms with E-state index in [1.807, 2.05) is 11.8 Å². The van der Waals surface area contributed by atoms with Crippen molar-refractivity contribution in [3.8, 4) is 0 Å². The van der Waals surface area contributed by atoms with Crippen LogP contribution in [0.25, 0.3) is 10.2 Å². The van der Waals surface area contributed by atoms with Crippen LogP contribution < -0.4 is 5.32 Å². The zero-order valence-corrected chi connectivity index (χ0v) is 11.4. The molecule has 0 aliphatic carbocycles. The van der Waals surface area contributed by atoms with Crippen LogP contribution in [0.1, 0.15) is 18.4 Å². The molecule has 0 aromatic carbocycles. The molecule has 1 aliphatic rings. The van der Waals surface area contributed by atoms with Gasteiger partial charge in [-0.05, 0) is 36.5 Å². The normalized spacial score (nSPS) is 20.6. The van der Waals surface area contributed by atoms with Crippen LogP contribution in [0.15, 0.2) is 11.7 Å². The number of anilines is 1. The van der Waals surface area contributed by atoms with Crippen LogP contribution in [0.2, 0.25) is 0 Å². The van der Waals surface area contributed by atoms with E-state index in [1.54, 1.807) is 17.7 Å². The van der Waals surface area contributed by atoms with Crippen molar-refractivity contribution in [2.24, 2.45) is 0 Å². The van der Waals surface area contributed by atoms with Crippen molar-refractivity contribution in [3.63, 3.8) is 0 Å². The molecule has 5 heteroatoms. The molecular formula is C12H15N3S2. The number of rotatable bonds is 2. The van der Waals surface area contributed by atoms with E-state index in [9.17, 15) is 0 Å². The lowest BCUT2D eigenvalue weighted by atomic mass is 10.2. The second kappa shape index (κ2) is 4.82. The zero-order valence-electron chi connectivity index (χ0n) is 9.77. The van der Waals surface area contributed by atoms with E-state index in [0.717, 1.165) is 11.3 Å². The first-order valence-corrected chi connectivity index (χ1v) is 7.91. The Morgan fingerprint density at radius 3 is 3.18 bits per heavy atom. The number of nitrogens with one attached hydrogen (secondary N) is 1. The van der Waals surface area contributed by atoms with Crippen LogP contribution in [0.3, 0.4) is 0 Å². The fourth-order valence-electron chi connectivity index (χ4n) is 2.12. The molecule has 1 atom stereocenters. The largest absolute Gasteiger partial charge is 0.365 e. The van der Waals surface area contributed by atoms with Crippen molar-refractivity contribution < 1.29 is 0 Å². The van der Waals surface area contributed by atoms with Gasteiger partial charge in [0.05, 0.1) is 10.2 Å². The van der Waals surface area contributed by atoms with Gasteiger partial charge in [0.15, 0.2) is 0 Å². The molecule has 3 heterocycles. The van der Waals surface area contributed by atoms with Gasteiger partial charge in [-0.25, -0.2) is 9.97 Å². The minimum Gasteiger partial charge on any atom is -0.365 e. The Morgan fingerprint density at radius 1 is 1.41 bits per heavy atom. The molecule has 0 radical (unpaired) electrons. The summed E-state index contributed by atoms with van der Waals surface area (Å²) < 4.78 is 1.19. The van der Waals surface area contributed by atoms with Crippen LogP contribution >= 0.6 is 23.1 Å². The monoisotopic (exact) mass is 265 g/mol. The number of thiophene rings is 1. The molecule has 2 aromatic rings. The Hall–Kier alpha value is -0.810. The summed E-state index contributed by atoms with van der Waals surface area (Å²) in [5.41, 5.74) is 2.34. The standard InChI is InChI=1S/C12H15N3S2/c1-8-5-17-11-10(8)13-7-14-12(11)15-9-3-2-4-16-6-9/h5,7,9H,2-4,6H2,1H3,(H,13,14,15). The van der Waals surface area contributed by atoms with Crippen LogP contribution in [0.5, 0.6) is 0 Å². The average Bonchev–Trinajstić information content (AvgIpc) is 2.74. The second-order valence-electron chi connectivity index (χ2n) is 4.38. The van der Waals surface area contributed by atoms with Gasteiger partial charge in [-0.2, -0.15) is 11.8 Å². The van der Waals surface area contributed by atoms with Crippen molar-refractivity contribution in [2.75, 3.05) is 16.8 Å². The van der Waals surface area contributed by atoms with Crippen LogP contribution in [-0.2, 0) is 0 Å². The number of thioether (sulfide) groups is 1. The Balaban J connectivity index is 1.89. The second-order valence-corrected chi connectivity index (χ2v) is 6.41. The number of aromatic nitrogens is 2. The maximum atomic E-state index is 4.39. The topological polar surface area (TPSA) is 37.8 Å². The lowest BCUT2D eigenvalue weighted by Crippen LogP contribution is -2.26. The zero-order chi connectivity index (χ0) is 11.7. The van der Waals surface area contributed by atoms with Crippen LogP contribution in [0.4, 0.5) is 5.82 Å². The van der Waals surface area contributed by atoms with E-state index in [2.05, 4.69) is 27.6 Å². The van der Waals surface area contributed by atoms with Gasteiger partial charge in [0.2, 0.25) is 0 Å². The van der Waals surface area contributed by atoms with Gasteiger partial charge in [0.1, 0.15) is 12.1 Å². The lowest BCUT2D eigenvalue weighted by molar-refractivity contribution is 0.683. The first-order chi connectivity index (χ1) is 8.34. The Bertz CT molecular complexity index is 517. The van der Waals surface area contributed by atoms with Gasteiger partial charge in [0, 0.05) is 11.8 Å². The minimum atomic E-state index is 0.564. The highest BCUT2D eigenvalue weighted by molar-refractivity contribution is 7.99. The summed E-state index contributed by atoms with van der Waals surface area (Å²) in [7, 11) is 0. The Kier molecular flexibility index (Phi) is 3.20. The highest BCUT2D eigenvalue weighted by atomic mass is 32.2. The molecular weight excluding hydrogens is 250 g/mol. The molecule has 0 bridgehead atoms. The maximum absolute atomic E-state index is 4.39. The van der Waals surface area contributed by atoms with E-state index in [4.69, 9.17) is 0 Å². The summed E-state index contributed by atoms with van der Waals surface area (Å²) in [5, 5.41) is 5.73. The molecule has 2 aromatic heterocycles. The van der Waals surface area contributed by atoms with Crippen molar-refractivity contribution in [2.45, 2.75) is 25.8 Å². The Morgan fingerprint density at radius 2 is 2.35 bits per heavy atom. The first-order valence-electron chi connectivity index (χ1n) is 5.87. The van der Waals surface area contributed by atoms with E-state index in [1.165, 1.54) is 34.6 Å². The number of nitrogens with zero attached hydrogens (tertiary/aromatic N) is 2. The SMILES string of the molecule is Cc1csc2c(NC3CCCSC3)ncnc12.